The molecule has 0 radical (unpaired) electrons. The lowest BCUT2D eigenvalue weighted by Gasteiger charge is -2.10. The van der Waals surface area contributed by atoms with Crippen LogP contribution < -0.4 is 0 Å². The fourth-order valence-electron chi connectivity index (χ4n) is 1.49. The number of carbonyl (C=O) groups excluding carboxylic acids is 1. The van der Waals surface area contributed by atoms with Crippen LogP contribution in [0.5, 0.6) is 0 Å². The van der Waals surface area contributed by atoms with Crippen molar-refractivity contribution < 1.29 is 14.7 Å². The van der Waals surface area contributed by atoms with Crippen LogP contribution in [0.4, 0.5) is 0 Å². The van der Waals surface area contributed by atoms with Crippen LogP contribution in [0.2, 0.25) is 10.0 Å². The van der Waals surface area contributed by atoms with Crippen LogP contribution in [-0.4, -0.2) is 35.3 Å². The largest absolute Gasteiger partial charge is 0.389 e. The number of halogens is 2. The number of nitrogens with zero attached hydrogens (tertiary/aromatic N) is 1. The van der Waals surface area contributed by atoms with Gasteiger partial charge in [0.15, 0.2) is 0 Å². The first-order valence-corrected chi connectivity index (χ1v) is 6.07. The molecule has 1 aromatic rings. The van der Waals surface area contributed by atoms with Crippen LogP contribution in [0.3, 0.4) is 0 Å². The second kappa shape index (κ2) is 5.71. The molecule has 1 fully saturated rings. The van der Waals surface area contributed by atoms with Gasteiger partial charge in [-0.25, -0.2) is 5.06 Å². The molecule has 1 aliphatic rings. The number of hydrogen-bond acceptors (Lipinski definition) is 3. The Kier molecular flexibility index (Phi) is 4.24. The van der Waals surface area contributed by atoms with E-state index in [9.17, 15) is 9.90 Å². The van der Waals surface area contributed by atoms with Crippen molar-refractivity contribution in [2.45, 2.75) is 6.10 Å². The van der Waals surface area contributed by atoms with E-state index >= 15 is 0 Å². The molecule has 0 aliphatic carbocycles. The van der Waals surface area contributed by atoms with E-state index in [-0.39, 0.29) is 19.1 Å². The van der Waals surface area contributed by atoms with Crippen LogP contribution in [0.15, 0.2) is 24.3 Å². The molecule has 1 amide bonds. The summed E-state index contributed by atoms with van der Waals surface area (Å²) in [6.45, 7) is 0.330. The molecule has 4 nitrogen and oxygen atoms in total. The Balaban J connectivity index is 2.02. The first kappa shape index (κ1) is 13.4. The van der Waals surface area contributed by atoms with E-state index in [0.717, 1.165) is 10.6 Å². The average Bonchev–Trinajstić information content (AvgIpc) is 2.77. The molecular weight excluding hydrogens is 277 g/mol. The highest BCUT2D eigenvalue weighted by atomic mass is 35.5. The average molecular weight is 288 g/mol. The van der Waals surface area contributed by atoms with Crippen molar-refractivity contribution >= 4 is 35.2 Å². The highest BCUT2D eigenvalue weighted by Crippen LogP contribution is 2.23. The number of hydrogen-bond donors (Lipinski definition) is 1. The Bertz CT molecular complexity index is 490. The minimum absolute atomic E-state index is 0.145. The van der Waals surface area contributed by atoms with Crippen LogP contribution in [0, 0.1) is 0 Å². The highest BCUT2D eigenvalue weighted by Gasteiger charge is 2.24. The summed E-state index contributed by atoms with van der Waals surface area (Å²) in [6, 6.07) is 5.06. The van der Waals surface area contributed by atoms with Crippen molar-refractivity contribution in [3.8, 4) is 0 Å². The lowest BCUT2D eigenvalue weighted by molar-refractivity contribution is -0.162. The first-order valence-electron chi connectivity index (χ1n) is 5.32. The number of benzene rings is 1. The molecule has 96 valence electrons. The first-order chi connectivity index (χ1) is 8.56. The van der Waals surface area contributed by atoms with Crippen molar-refractivity contribution in [2.75, 3.05) is 13.2 Å². The van der Waals surface area contributed by atoms with Crippen LogP contribution >= 0.6 is 23.2 Å². The quantitative estimate of drug-likeness (QED) is 0.848. The zero-order valence-electron chi connectivity index (χ0n) is 9.35. The molecular formula is C12H11Cl2NO3. The van der Waals surface area contributed by atoms with E-state index in [1.807, 2.05) is 0 Å². The van der Waals surface area contributed by atoms with Gasteiger partial charge in [-0.2, -0.15) is 0 Å². The SMILES string of the molecule is O=C(/C=C/c1ccc(Cl)c(Cl)c1)N1C[C@H](O)CO1. The second-order valence-corrected chi connectivity index (χ2v) is 4.67. The van der Waals surface area contributed by atoms with Crippen molar-refractivity contribution in [3.63, 3.8) is 0 Å². The standard InChI is InChI=1S/C12H11Cl2NO3/c13-10-3-1-8(5-11(10)14)2-4-12(17)15-6-9(16)7-18-15/h1-5,9,16H,6-7H2/b4-2+/t9-/m0/s1. The number of carbonyl (C=O) groups is 1. The molecule has 1 N–H and O–H groups in total. The Morgan fingerprint density at radius 2 is 2.22 bits per heavy atom. The number of amides is 1. The van der Waals surface area contributed by atoms with Gasteiger partial charge >= 0.3 is 0 Å². The van der Waals surface area contributed by atoms with Crippen LogP contribution in [-0.2, 0) is 9.63 Å². The summed E-state index contributed by atoms with van der Waals surface area (Å²) in [5.41, 5.74) is 0.762. The Morgan fingerprint density at radius 1 is 1.44 bits per heavy atom. The molecule has 1 heterocycles. The Hall–Kier alpha value is -1.07. The third kappa shape index (κ3) is 3.23. The van der Waals surface area contributed by atoms with Gasteiger partial charge in [0.25, 0.3) is 5.91 Å². The van der Waals surface area contributed by atoms with Gasteiger partial charge in [-0.3, -0.25) is 9.63 Å². The van der Waals surface area contributed by atoms with Crippen LogP contribution in [0.1, 0.15) is 5.56 Å². The number of hydroxylamine groups is 2. The van der Waals surface area contributed by atoms with E-state index in [0.29, 0.717) is 10.0 Å². The minimum atomic E-state index is -0.618. The lowest BCUT2D eigenvalue weighted by atomic mass is 10.2. The van der Waals surface area contributed by atoms with Gasteiger partial charge in [-0.1, -0.05) is 29.3 Å². The normalized spacial score (nSPS) is 19.7. The third-order valence-corrected chi connectivity index (χ3v) is 3.15. The van der Waals surface area contributed by atoms with Crippen molar-refractivity contribution in [2.24, 2.45) is 0 Å². The summed E-state index contributed by atoms with van der Waals surface area (Å²) >= 11 is 11.6. The molecule has 1 aromatic carbocycles. The molecule has 0 aromatic heterocycles. The summed E-state index contributed by atoms with van der Waals surface area (Å²) in [7, 11) is 0. The van der Waals surface area contributed by atoms with E-state index in [2.05, 4.69) is 0 Å². The zero-order chi connectivity index (χ0) is 13.1. The molecule has 2 rings (SSSR count). The van der Waals surface area contributed by atoms with Gasteiger partial charge in [-0.05, 0) is 23.8 Å². The molecule has 18 heavy (non-hydrogen) atoms. The van der Waals surface area contributed by atoms with Crippen molar-refractivity contribution in [3.05, 3.63) is 39.9 Å². The molecule has 1 saturated heterocycles. The van der Waals surface area contributed by atoms with Gasteiger partial charge < -0.3 is 5.11 Å². The van der Waals surface area contributed by atoms with Crippen molar-refractivity contribution in [1.29, 1.82) is 0 Å². The number of aliphatic hydroxyl groups excluding tert-OH is 1. The topological polar surface area (TPSA) is 49.8 Å². The van der Waals surface area contributed by atoms with E-state index in [1.54, 1.807) is 24.3 Å². The third-order valence-electron chi connectivity index (χ3n) is 2.41. The number of β-amino-alcohol motifs (C(OH)–C–C–N with tert-alkyl or cyclic N) is 1. The number of rotatable bonds is 2. The smallest absolute Gasteiger partial charge is 0.270 e. The zero-order valence-corrected chi connectivity index (χ0v) is 10.9. The highest BCUT2D eigenvalue weighted by molar-refractivity contribution is 6.42. The van der Waals surface area contributed by atoms with Gasteiger partial charge in [0.2, 0.25) is 0 Å². The number of aliphatic hydroxyl groups is 1. The molecule has 1 aliphatic heterocycles. The van der Waals surface area contributed by atoms with Gasteiger partial charge in [0.1, 0.15) is 12.7 Å². The van der Waals surface area contributed by atoms with E-state index in [4.69, 9.17) is 28.0 Å². The van der Waals surface area contributed by atoms with Gasteiger partial charge in [0.05, 0.1) is 16.6 Å². The summed E-state index contributed by atoms with van der Waals surface area (Å²) < 4.78 is 0. The lowest BCUT2D eigenvalue weighted by Crippen LogP contribution is -2.26. The molecule has 0 unspecified atom stereocenters. The fourth-order valence-corrected chi connectivity index (χ4v) is 1.80. The van der Waals surface area contributed by atoms with Gasteiger partial charge in [0, 0.05) is 6.08 Å². The molecule has 0 saturated carbocycles. The van der Waals surface area contributed by atoms with Crippen LogP contribution in [0.25, 0.3) is 6.08 Å². The Morgan fingerprint density at radius 3 is 2.83 bits per heavy atom. The molecule has 1 atom stereocenters. The predicted octanol–water partition coefficient (Wildman–Crippen LogP) is 2.14. The summed E-state index contributed by atoms with van der Waals surface area (Å²) in [5.74, 6) is -0.322. The summed E-state index contributed by atoms with van der Waals surface area (Å²) in [4.78, 5) is 16.7. The van der Waals surface area contributed by atoms with Gasteiger partial charge in [-0.15, -0.1) is 0 Å². The summed E-state index contributed by atoms with van der Waals surface area (Å²) in [5, 5.41) is 11.2. The summed E-state index contributed by atoms with van der Waals surface area (Å²) in [6.07, 6.45) is 2.35. The maximum atomic E-state index is 11.7. The van der Waals surface area contributed by atoms with E-state index in [1.165, 1.54) is 6.08 Å². The monoisotopic (exact) mass is 287 g/mol. The minimum Gasteiger partial charge on any atom is -0.389 e. The fraction of sp³-hybridized carbons (Fsp3) is 0.250. The van der Waals surface area contributed by atoms with Crippen molar-refractivity contribution in [1.82, 2.24) is 5.06 Å². The maximum absolute atomic E-state index is 11.7. The second-order valence-electron chi connectivity index (χ2n) is 3.86. The maximum Gasteiger partial charge on any atom is 0.270 e. The molecule has 6 heteroatoms. The predicted molar refractivity (Wildman–Crippen MR) is 69.2 cm³/mol. The molecule has 0 bridgehead atoms. The van der Waals surface area contributed by atoms with E-state index < -0.39 is 6.10 Å². The molecule has 0 spiro atoms. The Labute approximate surface area is 114 Å².